The molecule has 2 aromatic rings. The predicted molar refractivity (Wildman–Crippen MR) is 124 cm³/mol. The van der Waals surface area contributed by atoms with E-state index in [0.717, 1.165) is 48.2 Å². The normalized spacial score (nSPS) is 18.5. The van der Waals surface area contributed by atoms with Crippen molar-refractivity contribution in [2.45, 2.75) is 20.3 Å². The number of fused-ring (bicyclic) bond motifs is 1. The fourth-order valence-corrected chi connectivity index (χ4v) is 6.27. The first-order chi connectivity index (χ1) is 14.3. The lowest BCUT2D eigenvalue weighted by atomic mass is 10.1. The quantitative estimate of drug-likeness (QED) is 0.696. The summed E-state index contributed by atoms with van der Waals surface area (Å²) >= 11 is 7.25. The zero-order valence-corrected chi connectivity index (χ0v) is 18.8. The number of benzene rings is 1. The lowest BCUT2D eigenvalue weighted by Gasteiger charge is -2.16. The van der Waals surface area contributed by atoms with Gasteiger partial charge in [0.25, 0.3) is 11.5 Å². The predicted octanol–water partition coefficient (Wildman–Crippen LogP) is 1.64. The second-order valence-corrected chi connectivity index (χ2v) is 9.48. The Morgan fingerprint density at radius 3 is 2.67 bits per heavy atom. The van der Waals surface area contributed by atoms with Crippen molar-refractivity contribution in [3.63, 3.8) is 0 Å². The molecule has 0 atom stereocenters. The van der Waals surface area contributed by atoms with E-state index in [1.165, 1.54) is 16.2 Å². The minimum atomic E-state index is -1.42. The van der Waals surface area contributed by atoms with Crippen LogP contribution in [0.4, 0.5) is 10.5 Å². The highest BCUT2D eigenvalue weighted by Gasteiger charge is 2.33. The Kier molecular flexibility index (Phi) is 5.56. The number of nitrogens with zero attached hydrogens (tertiary/aromatic N) is 3. The van der Waals surface area contributed by atoms with Gasteiger partial charge >= 0.3 is 6.09 Å². The maximum absolute atomic E-state index is 12.8. The van der Waals surface area contributed by atoms with Gasteiger partial charge in [0.05, 0.1) is 4.53 Å². The number of amides is 1. The number of hydrogen-bond donors (Lipinski definition) is 1. The number of carbonyl (C=O) groups is 2. The lowest BCUT2D eigenvalue weighted by Crippen LogP contribution is -2.37. The second-order valence-electron chi connectivity index (χ2n) is 6.80. The SMILES string of the molecule is CCN1C(=O)/C(=c2\s/c(=C/c3ccc4c(c3)CCN4CC)c(=O)n2C(=O)O)SC1=S. The highest BCUT2D eigenvalue weighted by molar-refractivity contribution is 8.30. The monoisotopic (exact) mass is 461 g/mol. The Balaban J connectivity index is 1.88. The molecule has 0 spiro atoms. The molecule has 0 unspecified atom stereocenters. The van der Waals surface area contributed by atoms with Crippen molar-refractivity contribution in [1.82, 2.24) is 9.47 Å². The van der Waals surface area contributed by atoms with E-state index in [-0.39, 0.29) is 20.0 Å². The van der Waals surface area contributed by atoms with Crippen molar-refractivity contribution in [2.75, 3.05) is 24.5 Å². The number of thiazole rings is 1. The Morgan fingerprint density at radius 1 is 1.27 bits per heavy atom. The standard InChI is InChI=1S/C20H19N3O4S3/c1-3-21-8-7-12-9-11(5-6-13(12)21)10-14-16(24)23(19(26)27)18(29-14)15-17(25)22(4-2)20(28)30-15/h5-6,9-10H,3-4,7-8H2,1-2H3,(H,26,27)/b14-10+,18-15+. The van der Waals surface area contributed by atoms with E-state index in [0.29, 0.717) is 15.4 Å². The molecule has 1 saturated heterocycles. The number of rotatable bonds is 3. The maximum Gasteiger partial charge on any atom is 0.419 e. The van der Waals surface area contributed by atoms with Gasteiger partial charge in [-0.3, -0.25) is 14.5 Å². The number of carboxylic acid groups (broad SMARTS) is 1. The molecule has 2 aliphatic heterocycles. The number of thiocarbonyl (C=S) groups is 1. The topological polar surface area (TPSA) is 82.9 Å². The van der Waals surface area contributed by atoms with Crippen LogP contribution in [0.2, 0.25) is 0 Å². The summed E-state index contributed by atoms with van der Waals surface area (Å²) in [6.45, 7) is 6.20. The van der Waals surface area contributed by atoms with Gasteiger partial charge in [0.15, 0.2) is 0 Å². The number of carbonyl (C=O) groups excluding carboxylic acids is 1. The molecule has 1 fully saturated rings. The fourth-order valence-electron chi connectivity index (χ4n) is 3.67. The summed E-state index contributed by atoms with van der Waals surface area (Å²) in [7, 11) is 0. The van der Waals surface area contributed by atoms with Crippen LogP contribution in [0.15, 0.2) is 23.0 Å². The van der Waals surface area contributed by atoms with Crippen LogP contribution < -0.4 is 19.7 Å². The third-order valence-corrected chi connectivity index (χ3v) is 7.81. The van der Waals surface area contributed by atoms with Gasteiger partial charge in [0.2, 0.25) is 0 Å². The minimum absolute atomic E-state index is 0.102. The summed E-state index contributed by atoms with van der Waals surface area (Å²) < 4.78 is 1.37. The summed E-state index contributed by atoms with van der Waals surface area (Å²) in [5, 5.41) is 9.61. The molecule has 0 bridgehead atoms. The molecule has 10 heteroatoms. The zero-order valence-electron chi connectivity index (χ0n) is 16.4. The second kappa shape index (κ2) is 8.01. The first-order valence-electron chi connectivity index (χ1n) is 9.48. The van der Waals surface area contributed by atoms with Crippen LogP contribution in [0.1, 0.15) is 25.0 Å². The Bertz CT molecular complexity index is 1260. The number of hydrogen-bond acceptors (Lipinski definition) is 7. The third-order valence-electron chi connectivity index (χ3n) is 5.15. The summed E-state index contributed by atoms with van der Waals surface area (Å²) in [6.07, 6.45) is 1.21. The van der Waals surface area contributed by atoms with Crippen LogP contribution in [0.5, 0.6) is 0 Å². The molecule has 4 rings (SSSR count). The Hall–Kier alpha value is -2.43. The molecule has 0 saturated carbocycles. The van der Waals surface area contributed by atoms with Gasteiger partial charge in [-0.2, -0.15) is 4.57 Å². The van der Waals surface area contributed by atoms with Crippen LogP contribution >= 0.6 is 35.3 Å². The molecule has 2 aliphatic rings. The van der Waals surface area contributed by atoms with Crippen LogP contribution in [-0.2, 0) is 11.2 Å². The lowest BCUT2D eigenvalue weighted by molar-refractivity contribution is -0.120. The number of likely N-dealkylation sites (N-methyl/N-ethyl adjacent to an activating group) is 1. The van der Waals surface area contributed by atoms with E-state index < -0.39 is 11.7 Å². The van der Waals surface area contributed by atoms with Gasteiger partial charge in [-0.15, -0.1) is 11.3 Å². The van der Waals surface area contributed by atoms with Crippen molar-refractivity contribution < 1.29 is 14.7 Å². The molecule has 156 valence electrons. The third kappa shape index (κ3) is 3.38. The largest absolute Gasteiger partial charge is 0.464 e. The molecule has 30 heavy (non-hydrogen) atoms. The highest BCUT2D eigenvalue weighted by Crippen LogP contribution is 2.31. The van der Waals surface area contributed by atoms with Crippen LogP contribution in [0.25, 0.3) is 11.0 Å². The summed E-state index contributed by atoms with van der Waals surface area (Å²) in [5.41, 5.74) is 2.58. The molecule has 0 radical (unpaired) electrons. The maximum atomic E-state index is 12.8. The molecule has 1 aromatic carbocycles. The van der Waals surface area contributed by atoms with E-state index in [1.807, 2.05) is 18.2 Å². The van der Waals surface area contributed by atoms with Gasteiger partial charge in [-0.1, -0.05) is 30.0 Å². The van der Waals surface area contributed by atoms with Crippen molar-refractivity contribution in [2.24, 2.45) is 0 Å². The van der Waals surface area contributed by atoms with E-state index in [4.69, 9.17) is 12.2 Å². The van der Waals surface area contributed by atoms with Crippen molar-refractivity contribution >= 4 is 68.3 Å². The van der Waals surface area contributed by atoms with Gasteiger partial charge in [0, 0.05) is 25.3 Å². The van der Waals surface area contributed by atoms with Gasteiger partial charge in [-0.25, -0.2) is 4.79 Å². The van der Waals surface area contributed by atoms with E-state index >= 15 is 0 Å². The van der Waals surface area contributed by atoms with E-state index in [2.05, 4.69) is 11.8 Å². The molecule has 1 aromatic heterocycles. The molecular weight excluding hydrogens is 442 g/mol. The zero-order chi connectivity index (χ0) is 21.6. The first-order valence-corrected chi connectivity index (χ1v) is 11.5. The van der Waals surface area contributed by atoms with Crippen LogP contribution in [0, 0.1) is 0 Å². The average Bonchev–Trinajstić information content (AvgIpc) is 3.35. The summed E-state index contributed by atoms with van der Waals surface area (Å²) in [6, 6.07) is 5.99. The van der Waals surface area contributed by atoms with Gasteiger partial charge in [-0.05, 0) is 49.6 Å². The van der Waals surface area contributed by atoms with Gasteiger partial charge in [0.1, 0.15) is 13.9 Å². The first kappa shape index (κ1) is 20.8. The van der Waals surface area contributed by atoms with Gasteiger partial charge < -0.3 is 10.0 Å². The smallest absolute Gasteiger partial charge is 0.419 e. The summed E-state index contributed by atoms with van der Waals surface area (Å²) in [4.78, 5) is 41.2. The molecule has 1 N–H and O–H groups in total. The number of thioether (sulfide) groups is 1. The van der Waals surface area contributed by atoms with Crippen molar-refractivity contribution in [3.8, 4) is 0 Å². The molecular formula is C20H19N3O4S3. The van der Waals surface area contributed by atoms with E-state index in [9.17, 15) is 19.5 Å². The molecule has 7 nitrogen and oxygen atoms in total. The highest BCUT2D eigenvalue weighted by atomic mass is 32.2. The average molecular weight is 462 g/mol. The Morgan fingerprint density at radius 2 is 2.03 bits per heavy atom. The number of aromatic nitrogens is 1. The number of anilines is 1. The van der Waals surface area contributed by atoms with E-state index in [1.54, 1.807) is 13.0 Å². The van der Waals surface area contributed by atoms with Crippen molar-refractivity contribution in [1.29, 1.82) is 0 Å². The molecule has 1 amide bonds. The van der Waals surface area contributed by atoms with Crippen LogP contribution in [-0.4, -0.2) is 50.5 Å². The van der Waals surface area contributed by atoms with Crippen molar-refractivity contribution in [3.05, 3.63) is 48.9 Å². The van der Waals surface area contributed by atoms with Crippen LogP contribution in [0.3, 0.4) is 0 Å². The minimum Gasteiger partial charge on any atom is -0.464 e. The summed E-state index contributed by atoms with van der Waals surface area (Å²) in [5.74, 6) is -0.368. The molecule has 0 aliphatic carbocycles. The fraction of sp³-hybridized carbons (Fsp3) is 0.300. The molecule has 3 heterocycles. The Labute approximate surface area is 185 Å².